The molecule has 3 rings (SSSR count). The van der Waals surface area contributed by atoms with Gasteiger partial charge in [-0.2, -0.15) is 0 Å². The zero-order valence-corrected chi connectivity index (χ0v) is 14.2. The molecular formula is C16H11NO6S2. The Balaban J connectivity index is 2.20. The fourth-order valence-electron chi connectivity index (χ4n) is 2.39. The second-order valence-electron chi connectivity index (χ2n) is 5.14. The van der Waals surface area contributed by atoms with E-state index in [9.17, 15) is 26.9 Å². The fourth-order valence-corrected chi connectivity index (χ4v) is 6.29. The minimum Gasteiger partial charge on any atom is -0.258 e. The third-order valence-corrected chi connectivity index (χ3v) is 8.82. The maximum Gasteiger partial charge on any atom is 0.286 e. The van der Waals surface area contributed by atoms with E-state index >= 15 is 0 Å². The van der Waals surface area contributed by atoms with E-state index < -0.39 is 27.6 Å². The van der Waals surface area contributed by atoms with E-state index in [4.69, 9.17) is 0 Å². The maximum atomic E-state index is 12.8. The zero-order chi connectivity index (χ0) is 18.2. The van der Waals surface area contributed by atoms with E-state index in [1.807, 2.05) is 0 Å². The molecule has 0 saturated carbocycles. The summed E-state index contributed by atoms with van der Waals surface area (Å²) < 4.78 is 50.8. The van der Waals surface area contributed by atoms with Crippen molar-refractivity contribution in [1.82, 2.24) is 0 Å². The molecule has 9 heteroatoms. The third kappa shape index (κ3) is 2.77. The first-order chi connectivity index (χ1) is 11.7. The van der Waals surface area contributed by atoms with Crippen molar-refractivity contribution in [2.45, 2.75) is 9.79 Å². The van der Waals surface area contributed by atoms with Crippen molar-refractivity contribution in [2.24, 2.45) is 0 Å². The van der Waals surface area contributed by atoms with Crippen molar-refractivity contribution in [2.75, 3.05) is 0 Å². The third-order valence-electron chi connectivity index (χ3n) is 3.64. The van der Waals surface area contributed by atoms with Crippen molar-refractivity contribution in [3.05, 3.63) is 76.8 Å². The standard InChI is InChI=1S/C16H11NO6S2/c18-17(19)13-8-10-14(11-9-13)24(20,21)25(22,23)16-7-3-5-12-4-1-2-6-15(12)16/h1-11H. The molecule has 0 aliphatic heterocycles. The van der Waals surface area contributed by atoms with Crippen LogP contribution in [0.2, 0.25) is 0 Å². The molecule has 0 bridgehead atoms. The Bertz CT molecular complexity index is 1180. The number of rotatable bonds is 4. The zero-order valence-electron chi connectivity index (χ0n) is 12.6. The first-order valence-corrected chi connectivity index (χ1v) is 10.5. The Morgan fingerprint density at radius 2 is 1.32 bits per heavy atom. The minimum absolute atomic E-state index is 0.287. The highest BCUT2D eigenvalue weighted by Crippen LogP contribution is 2.30. The van der Waals surface area contributed by atoms with Crippen molar-refractivity contribution in [3.8, 4) is 0 Å². The molecule has 7 nitrogen and oxygen atoms in total. The van der Waals surface area contributed by atoms with Crippen LogP contribution in [-0.4, -0.2) is 21.8 Å². The summed E-state index contributed by atoms with van der Waals surface area (Å²) in [6.07, 6.45) is 0. The topological polar surface area (TPSA) is 111 Å². The van der Waals surface area contributed by atoms with Crippen LogP contribution in [0, 0.1) is 10.1 Å². The molecule has 3 aromatic rings. The predicted octanol–water partition coefficient (Wildman–Crippen LogP) is 2.91. The van der Waals surface area contributed by atoms with Crippen LogP contribution in [0.3, 0.4) is 0 Å². The van der Waals surface area contributed by atoms with Gasteiger partial charge in [0.2, 0.25) is 0 Å². The molecule has 0 aliphatic rings. The lowest BCUT2D eigenvalue weighted by Gasteiger charge is -2.09. The van der Waals surface area contributed by atoms with Crippen molar-refractivity contribution >= 4 is 34.2 Å². The van der Waals surface area contributed by atoms with Crippen LogP contribution in [0.25, 0.3) is 10.8 Å². The first-order valence-electron chi connectivity index (χ1n) is 6.97. The number of nitrogens with zero attached hydrogens (tertiary/aromatic N) is 1. The average Bonchev–Trinajstić information content (AvgIpc) is 2.61. The molecule has 0 atom stereocenters. The monoisotopic (exact) mass is 377 g/mol. The smallest absolute Gasteiger partial charge is 0.258 e. The molecular weight excluding hydrogens is 366 g/mol. The van der Waals surface area contributed by atoms with E-state index in [2.05, 4.69) is 0 Å². The normalized spacial score (nSPS) is 12.2. The lowest BCUT2D eigenvalue weighted by atomic mass is 10.1. The van der Waals surface area contributed by atoms with Gasteiger partial charge in [0.05, 0.1) is 14.7 Å². The van der Waals surface area contributed by atoms with Gasteiger partial charge in [0.25, 0.3) is 23.4 Å². The lowest BCUT2D eigenvalue weighted by molar-refractivity contribution is -0.384. The Hall–Kier alpha value is -2.78. The lowest BCUT2D eigenvalue weighted by Crippen LogP contribution is -2.16. The second-order valence-corrected chi connectivity index (χ2v) is 10.5. The quantitative estimate of drug-likeness (QED) is 0.393. The van der Waals surface area contributed by atoms with Crippen LogP contribution in [-0.2, 0) is 17.7 Å². The van der Waals surface area contributed by atoms with Gasteiger partial charge in [-0.15, -0.1) is 0 Å². The first kappa shape index (κ1) is 17.1. The van der Waals surface area contributed by atoms with E-state index in [-0.39, 0.29) is 16.0 Å². The second kappa shape index (κ2) is 5.94. The Kier molecular flexibility index (Phi) is 4.05. The summed E-state index contributed by atoms with van der Waals surface area (Å²) in [5, 5.41) is 11.5. The van der Waals surface area contributed by atoms with Crippen LogP contribution in [0.15, 0.2) is 76.5 Å². The van der Waals surface area contributed by atoms with E-state index in [1.54, 1.807) is 24.3 Å². The van der Waals surface area contributed by atoms with Crippen molar-refractivity contribution in [3.63, 3.8) is 0 Å². The molecule has 0 aromatic heterocycles. The molecule has 128 valence electrons. The number of nitro groups is 1. The Morgan fingerprint density at radius 3 is 1.96 bits per heavy atom. The summed E-state index contributed by atoms with van der Waals surface area (Å²) >= 11 is 0. The molecule has 3 aromatic carbocycles. The molecule has 0 spiro atoms. The van der Waals surface area contributed by atoms with Gasteiger partial charge in [0.15, 0.2) is 0 Å². The van der Waals surface area contributed by atoms with Crippen LogP contribution in [0.4, 0.5) is 5.69 Å². The van der Waals surface area contributed by atoms with E-state index in [0.717, 1.165) is 24.3 Å². The van der Waals surface area contributed by atoms with Crippen LogP contribution in [0.5, 0.6) is 0 Å². The number of hydrogen-bond donors (Lipinski definition) is 0. The van der Waals surface area contributed by atoms with Crippen LogP contribution in [0.1, 0.15) is 0 Å². The largest absolute Gasteiger partial charge is 0.286 e. The molecule has 0 heterocycles. The van der Waals surface area contributed by atoms with Gasteiger partial charge in [0, 0.05) is 17.5 Å². The van der Waals surface area contributed by atoms with Gasteiger partial charge in [-0.05, 0) is 23.6 Å². The summed E-state index contributed by atoms with van der Waals surface area (Å²) in [5.74, 6) is 0. The Labute approximate surface area is 142 Å². The molecule has 0 radical (unpaired) electrons. The molecule has 25 heavy (non-hydrogen) atoms. The highest BCUT2D eigenvalue weighted by Gasteiger charge is 2.35. The number of hydrogen-bond acceptors (Lipinski definition) is 6. The number of non-ortho nitro benzene ring substituents is 1. The summed E-state index contributed by atoms with van der Waals surface area (Å²) in [7, 11) is -9.52. The van der Waals surface area contributed by atoms with Gasteiger partial charge < -0.3 is 0 Å². The Morgan fingerprint density at radius 1 is 0.720 bits per heavy atom. The summed E-state index contributed by atoms with van der Waals surface area (Å²) in [6.45, 7) is 0. The SMILES string of the molecule is O=[N+]([O-])c1ccc(S(=O)(=O)S(=O)(=O)c2cccc3ccccc23)cc1. The van der Waals surface area contributed by atoms with Gasteiger partial charge in [-0.1, -0.05) is 36.4 Å². The van der Waals surface area contributed by atoms with Gasteiger partial charge in [-0.3, -0.25) is 10.1 Å². The van der Waals surface area contributed by atoms with Crippen molar-refractivity contribution in [1.29, 1.82) is 0 Å². The van der Waals surface area contributed by atoms with Crippen molar-refractivity contribution < 1.29 is 21.8 Å². The number of nitro benzene ring substituents is 1. The summed E-state index contributed by atoms with van der Waals surface area (Å²) in [5.41, 5.74) is -0.332. The molecule has 0 fully saturated rings. The molecule has 0 N–H and O–H groups in total. The molecule has 0 aliphatic carbocycles. The summed E-state index contributed by atoms with van der Waals surface area (Å²) in [6, 6.07) is 14.6. The van der Waals surface area contributed by atoms with Crippen LogP contribution >= 0.6 is 0 Å². The number of benzene rings is 3. The highest BCUT2D eigenvalue weighted by atomic mass is 33.2. The van der Waals surface area contributed by atoms with E-state index in [0.29, 0.717) is 5.39 Å². The molecule has 0 amide bonds. The molecule has 0 saturated heterocycles. The summed E-state index contributed by atoms with van der Waals surface area (Å²) in [4.78, 5) is 9.11. The van der Waals surface area contributed by atoms with E-state index in [1.165, 1.54) is 18.2 Å². The van der Waals surface area contributed by atoms with Gasteiger partial charge in [0.1, 0.15) is 0 Å². The molecule has 0 unspecified atom stereocenters. The van der Waals surface area contributed by atoms with Gasteiger partial charge in [-0.25, -0.2) is 16.8 Å². The minimum atomic E-state index is -4.78. The maximum absolute atomic E-state index is 12.8. The van der Waals surface area contributed by atoms with Gasteiger partial charge >= 0.3 is 0 Å². The highest BCUT2D eigenvalue weighted by molar-refractivity contribution is 8.67. The fraction of sp³-hybridized carbons (Fsp3) is 0. The number of fused-ring (bicyclic) bond motifs is 1. The average molecular weight is 377 g/mol. The predicted molar refractivity (Wildman–Crippen MR) is 91.4 cm³/mol. The van der Waals surface area contributed by atoms with Crippen LogP contribution < -0.4 is 0 Å².